The van der Waals surface area contributed by atoms with Gasteiger partial charge in [0.2, 0.25) is 0 Å². The molecule has 2 rings (SSSR count). The van der Waals surface area contributed by atoms with E-state index < -0.39 is 13.3 Å². The predicted octanol–water partition coefficient (Wildman–Crippen LogP) is 3.09. The number of hydrogen-bond acceptors (Lipinski definition) is 7. The molecule has 2 aromatic rings. The molecule has 1 heterocycles. The number of amides is 1. The monoisotopic (exact) mass is 421 g/mol. The molecule has 10 heteroatoms. The van der Waals surface area contributed by atoms with Gasteiger partial charge in [-0.25, -0.2) is 4.79 Å². The number of hydrogen-bond donors (Lipinski definition) is 1. The Balaban J connectivity index is 1.88. The standard InChI is InChI=1S/C19H24N3O6P/c1-3-27-29(25,28-4-2)15-9-8-14-26-22-13-12-17(21-19(22)24)20-18(23)16-10-6-5-7-11-16/h5-7,9-13,15H,3-4,8,14H2,1-2H3,(H,20,21,23,24)/b15-9+. The maximum atomic E-state index is 12.3. The third kappa shape index (κ3) is 7.30. The van der Waals surface area contributed by atoms with Crippen LogP contribution in [0.25, 0.3) is 0 Å². The zero-order valence-electron chi connectivity index (χ0n) is 16.3. The van der Waals surface area contributed by atoms with Gasteiger partial charge in [0.25, 0.3) is 5.91 Å². The summed E-state index contributed by atoms with van der Waals surface area (Å²) >= 11 is 0. The quantitative estimate of drug-likeness (QED) is 0.439. The van der Waals surface area contributed by atoms with E-state index in [1.165, 1.54) is 18.1 Å². The van der Waals surface area contributed by atoms with Crippen LogP contribution in [0.15, 0.2) is 59.3 Å². The fourth-order valence-corrected chi connectivity index (χ4v) is 3.62. The lowest BCUT2D eigenvalue weighted by molar-refractivity contribution is 0.101. The summed E-state index contributed by atoms with van der Waals surface area (Å²) in [6, 6.07) is 10.0. The Hall–Kier alpha value is -2.74. The summed E-state index contributed by atoms with van der Waals surface area (Å²) in [7, 11) is -3.24. The summed E-state index contributed by atoms with van der Waals surface area (Å²) in [6.45, 7) is 4.15. The lowest BCUT2D eigenvalue weighted by Crippen LogP contribution is -2.30. The molecule has 0 spiro atoms. The van der Waals surface area contributed by atoms with Crippen molar-refractivity contribution in [2.24, 2.45) is 0 Å². The minimum Gasteiger partial charge on any atom is -0.409 e. The van der Waals surface area contributed by atoms with Gasteiger partial charge >= 0.3 is 13.3 Å². The van der Waals surface area contributed by atoms with Gasteiger partial charge in [0.05, 0.1) is 19.4 Å². The molecule has 0 bridgehead atoms. The van der Waals surface area contributed by atoms with Gasteiger partial charge < -0.3 is 19.2 Å². The van der Waals surface area contributed by atoms with Crippen molar-refractivity contribution in [2.45, 2.75) is 20.3 Å². The molecule has 0 aliphatic rings. The van der Waals surface area contributed by atoms with E-state index in [9.17, 15) is 14.2 Å². The van der Waals surface area contributed by atoms with Crippen molar-refractivity contribution in [1.29, 1.82) is 0 Å². The van der Waals surface area contributed by atoms with E-state index in [1.807, 2.05) is 0 Å². The Bertz CT molecular complexity index is 919. The Morgan fingerprint density at radius 2 is 1.86 bits per heavy atom. The number of aromatic nitrogens is 2. The molecular weight excluding hydrogens is 397 g/mol. The Labute approximate surface area is 168 Å². The molecule has 29 heavy (non-hydrogen) atoms. The first kappa shape index (κ1) is 22.5. The van der Waals surface area contributed by atoms with Crippen molar-refractivity contribution in [3.05, 3.63) is 70.5 Å². The van der Waals surface area contributed by atoms with Gasteiger partial charge in [0.1, 0.15) is 12.4 Å². The third-order valence-corrected chi connectivity index (χ3v) is 5.28. The Morgan fingerprint density at radius 3 is 2.48 bits per heavy atom. The maximum Gasteiger partial charge on any atom is 0.382 e. The summed E-state index contributed by atoms with van der Waals surface area (Å²) in [5.74, 6) is 1.14. The molecule has 0 fully saturated rings. The topological polar surface area (TPSA) is 109 Å². The predicted molar refractivity (Wildman–Crippen MR) is 109 cm³/mol. The van der Waals surface area contributed by atoms with E-state index >= 15 is 0 Å². The average molecular weight is 421 g/mol. The van der Waals surface area contributed by atoms with E-state index in [4.69, 9.17) is 13.9 Å². The summed E-state index contributed by atoms with van der Waals surface area (Å²) < 4.78 is 23.5. The van der Waals surface area contributed by atoms with Crippen LogP contribution >= 0.6 is 7.60 Å². The molecule has 1 amide bonds. The van der Waals surface area contributed by atoms with Gasteiger partial charge in [0.15, 0.2) is 0 Å². The minimum absolute atomic E-state index is 0.123. The highest BCUT2D eigenvalue weighted by atomic mass is 31.2. The van der Waals surface area contributed by atoms with Crippen molar-refractivity contribution in [1.82, 2.24) is 9.71 Å². The van der Waals surface area contributed by atoms with Crippen LogP contribution < -0.4 is 15.8 Å². The molecule has 0 aliphatic heterocycles. The molecule has 0 radical (unpaired) electrons. The van der Waals surface area contributed by atoms with Gasteiger partial charge in [0, 0.05) is 23.9 Å². The number of rotatable bonds is 11. The van der Waals surface area contributed by atoms with Crippen LogP contribution in [0.3, 0.4) is 0 Å². The van der Waals surface area contributed by atoms with Gasteiger partial charge in [-0.2, -0.15) is 4.98 Å². The molecular formula is C19H24N3O6P. The zero-order chi connectivity index (χ0) is 21.1. The van der Waals surface area contributed by atoms with Crippen LogP contribution in [-0.2, 0) is 13.6 Å². The van der Waals surface area contributed by atoms with Gasteiger partial charge in [-0.1, -0.05) is 24.3 Å². The molecule has 9 nitrogen and oxygen atoms in total. The highest BCUT2D eigenvalue weighted by molar-refractivity contribution is 7.57. The van der Waals surface area contributed by atoms with E-state index in [-0.39, 0.29) is 31.5 Å². The minimum atomic E-state index is -3.24. The van der Waals surface area contributed by atoms with Crippen molar-refractivity contribution in [2.75, 3.05) is 25.1 Å². The first-order chi connectivity index (χ1) is 14.0. The summed E-state index contributed by atoms with van der Waals surface area (Å²) in [5.41, 5.74) is -0.216. The lowest BCUT2D eigenvalue weighted by Gasteiger charge is -2.12. The Kier molecular flexibility index (Phi) is 8.79. The fourth-order valence-electron chi connectivity index (χ4n) is 2.24. The second-order valence-corrected chi connectivity index (χ2v) is 7.52. The highest BCUT2D eigenvalue weighted by Crippen LogP contribution is 2.49. The first-order valence-corrected chi connectivity index (χ1v) is 10.7. The number of anilines is 1. The van der Waals surface area contributed by atoms with Crippen LogP contribution in [-0.4, -0.2) is 35.4 Å². The number of nitrogens with one attached hydrogen (secondary N) is 1. The molecule has 1 aromatic carbocycles. The smallest absolute Gasteiger partial charge is 0.382 e. The molecule has 1 aromatic heterocycles. The van der Waals surface area contributed by atoms with E-state index in [0.717, 1.165) is 4.73 Å². The Morgan fingerprint density at radius 1 is 1.17 bits per heavy atom. The van der Waals surface area contributed by atoms with Crippen LogP contribution in [0.4, 0.5) is 5.82 Å². The number of benzene rings is 1. The summed E-state index contributed by atoms with van der Waals surface area (Å²) in [5, 5.41) is 2.55. The summed E-state index contributed by atoms with van der Waals surface area (Å²) in [4.78, 5) is 33.2. The number of carbonyl (C=O) groups excluding carboxylic acids is 1. The zero-order valence-corrected chi connectivity index (χ0v) is 17.2. The third-order valence-electron chi connectivity index (χ3n) is 3.47. The van der Waals surface area contributed by atoms with Crippen molar-refractivity contribution in [3.8, 4) is 0 Å². The highest BCUT2D eigenvalue weighted by Gasteiger charge is 2.18. The second kappa shape index (κ2) is 11.3. The molecule has 0 saturated heterocycles. The molecule has 0 saturated carbocycles. The second-order valence-electron chi connectivity index (χ2n) is 5.62. The van der Waals surface area contributed by atoms with E-state index in [1.54, 1.807) is 50.3 Å². The fraction of sp³-hybridized carbons (Fsp3) is 0.316. The normalized spacial score (nSPS) is 11.5. The van der Waals surface area contributed by atoms with Crippen molar-refractivity contribution < 1.29 is 23.2 Å². The first-order valence-electron chi connectivity index (χ1n) is 9.13. The number of nitrogens with zero attached hydrogens (tertiary/aromatic N) is 2. The molecule has 0 aliphatic carbocycles. The molecule has 1 N–H and O–H groups in total. The van der Waals surface area contributed by atoms with Crippen LogP contribution in [0.1, 0.15) is 30.6 Å². The maximum absolute atomic E-state index is 12.3. The van der Waals surface area contributed by atoms with Crippen molar-refractivity contribution >= 4 is 19.3 Å². The lowest BCUT2D eigenvalue weighted by atomic mass is 10.2. The SMILES string of the molecule is CCOP(=O)(/C=C/CCOn1ccc(NC(=O)c2ccccc2)nc1=O)OCC. The van der Waals surface area contributed by atoms with Gasteiger partial charge in [-0.3, -0.25) is 9.36 Å². The summed E-state index contributed by atoms with van der Waals surface area (Å²) in [6.07, 6.45) is 3.35. The van der Waals surface area contributed by atoms with E-state index in [2.05, 4.69) is 10.3 Å². The average Bonchev–Trinajstić information content (AvgIpc) is 2.70. The molecule has 0 atom stereocenters. The van der Waals surface area contributed by atoms with Gasteiger partial charge in [-0.05, 0) is 26.0 Å². The largest absolute Gasteiger partial charge is 0.409 e. The number of carbonyl (C=O) groups is 1. The van der Waals surface area contributed by atoms with Crippen LogP contribution in [0, 0.1) is 0 Å². The molecule has 0 unspecified atom stereocenters. The van der Waals surface area contributed by atoms with Crippen molar-refractivity contribution in [3.63, 3.8) is 0 Å². The van der Waals surface area contributed by atoms with Gasteiger partial charge in [-0.15, -0.1) is 4.73 Å². The van der Waals surface area contributed by atoms with E-state index in [0.29, 0.717) is 12.0 Å². The van der Waals surface area contributed by atoms with Crippen LogP contribution in [0.2, 0.25) is 0 Å². The van der Waals surface area contributed by atoms with Crippen LogP contribution in [0.5, 0.6) is 0 Å². The molecule has 156 valence electrons.